The third-order valence-electron chi connectivity index (χ3n) is 0.954. The first kappa shape index (κ1) is 6.40. The van der Waals surface area contributed by atoms with Crippen molar-refractivity contribution in [1.82, 2.24) is 0 Å². The first-order valence-corrected chi connectivity index (χ1v) is 2.45. The molecule has 0 aromatic heterocycles. The zero-order valence-corrected chi connectivity index (χ0v) is 4.94. The molecular formula is C5H3N5. The second-order valence-electron chi connectivity index (χ2n) is 1.70. The average Bonchev–Trinajstić information content (AvgIpc) is 2.33. The van der Waals surface area contributed by atoms with Gasteiger partial charge < -0.3 is 0 Å². The van der Waals surface area contributed by atoms with Crippen LogP contribution in [0.5, 0.6) is 0 Å². The van der Waals surface area contributed by atoms with Crippen LogP contribution in [0.25, 0.3) is 0 Å². The van der Waals surface area contributed by atoms with Crippen LogP contribution in [0.1, 0.15) is 0 Å². The number of nitrogens with zero attached hydrogens (tertiary/aromatic N) is 4. The van der Waals surface area contributed by atoms with E-state index in [2.05, 4.69) is 9.98 Å². The van der Waals surface area contributed by atoms with E-state index in [0.717, 1.165) is 0 Å². The Bertz CT molecular complexity index is 288. The summed E-state index contributed by atoms with van der Waals surface area (Å²) >= 11 is 0. The molecule has 2 N–H and O–H groups in total. The van der Waals surface area contributed by atoms with Crippen LogP contribution in [0.2, 0.25) is 0 Å². The Kier molecular flexibility index (Phi) is 1.22. The molecule has 0 fully saturated rings. The average molecular weight is 133 g/mol. The van der Waals surface area contributed by atoms with Gasteiger partial charge in [-0.1, -0.05) is 0 Å². The number of nitrogens with two attached hydrogens (primary N) is 1. The SMILES string of the molecule is N#CC1=NC(N)(C#N)N=C1. The molecule has 0 bridgehead atoms. The third kappa shape index (κ3) is 0.859. The van der Waals surface area contributed by atoms with E-state index in [1.165, 1.54) is 6.21 Å². The highest BCUT2D eigenvalue weighted by Crippen LogP contribution is 2.07. The zero-order chi connectivity index (χ0) is 7.61. The van der Waals surface area contributed by atoms with Gasteiger partial charge in [0.15, 0.2) is 5.71 Å². The molecule has 0 aromatic rings. The van der Waals surface area contributed by atoms with Crippen molar-refractivity contribution in [3.8, 4) is 12.1 Å². The quantitative estimate of drug-likeness (QED) is 0.466. The molecule has 5 nitrogen and oxygen atoms in total. The summed E-state index contributed by atoms with van der Waals surface area (Å²) in [6.07, 6.45) is 1.18. The second kappa shape index (κ2) is 1.90. The smallest absolute Gasteiger partial charge is 0.275 e. The van der Waals surface area contributed by atoms with Gasteiger partial charge in [-0.25, -0.2) is 9.98 Å². The lowest BCUT2D eigenvalue weighted by Crippen LogP contribution is -2.31. The normalized spacial score (nSPS) is 28.9. The summed E-state index contributed by atoms with van der Waals surface area (Å²) < 4.78 is 0. The van der Waals surface area contributed by atoms with Crippen LogP contribution in [0, 0.1) is 22.7 Å². The van der Waals surface area contributed by atoms with Crippen molar-refractivity contribution in [2.45, 2.75) is 5.79 Å². The number of rotatable bonds is 0. The van der Waals surface area contributed by atoms with E-state index < -0.39 is 5.79 Å². The van der Waals surface area contributed by atoms with Crippen molar-refractivity contribution < 1.29 is 0 Å². The summed E-state index contributed by atoms with van der Waals surface area (Å²) in [5.41, 5.74) is 5.31. The third-order valence-corrected chi connectivity index (χ3v) is 0.954. The van der Waals surface area contributed by atoms with Crippen molar-refractivity contribution in [3.05, 3.63) is 0 Å². The predicted octanol–water partition coefficient (Wildman–Crippen LogP) is -0.829. The van der Waals surface area contributed by atoms with E-state index in [9.17, 15) is 0 Å². The summed E-state index contributed by atoms with van der Waals surface area (Å²) in [6, 6.07) is 3.37. The van der Waals surface area contributed by atoms with Crippen LogP contribution in [-0.2, 0) is 0 Å². The predicted molar refractivity (Wildman–Crippen MR) is 34.1 cm³/mol. The second-order valence-corrected chi connectivity index (χ2v) is 1.70. The van der Waals surface area contributed by atoms with E-state index >= 15 is 0 Å². The maximum atomic E-state index is 8.33. The molecule has 0 saturated carbocycles. The van der Waals surface area contributed by atoms with Gasteiger partial charge in [0.05, 0.1) is 6.21 Å². The molecule has 10 heavy (non-hydrogen) atoms. The van der Waals surface area contributed by atoms with Gasteiger partial charge in [0.1, 0.15) is 12.1 Å². The fourth-order valence-electron chi connectivity index (χ4n) is 0.509. The molecule has 48 valence electrons. The summed E-state index contributed by atoms with van der Waals surface area (Å²) in [5.74, 6) is -1.55. The molecule has 1 unspecified atom stereocenters. The number of hydrogen-bond donors (Lipinski definition) is 1. The lowest BCUT2D eigenvalue weighted by molar-refractivity contribution is 0.620. The Hall–Kier alpha value is -1.72. The molecule has 0 aliphatic carbocycles. The summed E-state index contributed by atoms with van der Waals surface area (Å²) in [5, 5.41) is 16.6. The van der Waals surface area contributed by atoms with Crippen LogP contribution in [0.15, 0.2) is 9.98 Å². The fraction of sp³-hybridized carbons (Fsp3) is 0.200. The van der Waals surface area contributed by atoms with Crippen LogP contribution in [0.3, 0.4) is 0 Å². The summed E-state index contributed by atoms with van der Waals surface area (Å²) in [4.78, 5) is 7.01. The van der Waals surface area contributed by atoms with Gasteiger partial charge in [-0.15, -0.1) is 0 Å². The highest BCUT2D eigenvalue weighted by molar-refractivity contribution is 6.39. The monoisotopic (exact) mass is 133 g/mol. The Labute approximate surface area is 57.1 Å². The first-order valence-electron chi connectivity index (χ1n) is 2.45. The van der Waals surface area contributed by atoms with Gasteiger partial charge in [0, 0.05) is 0 Å². The van der Waals surface area contributed by atoms with E-state index in [-0.39, 0.29) is 5.71 Å². The van der Waals surface area contributed by atoms with Gasteiger partial charge in [-0.2, -0.15) is 10.5 Å². The minimum atomic E-state index is -1.55. The van der Waals surface area contributed by atoms with Crippen molar-refractivity contribution in [2.75, 3.05) is 0 Å². The Morgan fingerprint density at radius 1 is 1.60 bits per heavy atom. The molecule has 1 rings (SSSR count). The number of hydrogen-bond acceptors (Lipinski definition) is 5. The van der Waals surface area contributed by atoms with Gasteiger partial charge in [0.2, 0.25) is 0 Å². The zero-order valence-electron chi connectivity index (χ0n) is 4.94. The molecule has 1 aliphatic heterocycles. The lowest BCUT2D eigenvalue weighted by Gasteiger charge is -2.02. The molecule has 0 saturated heterocycles. The minimum absolute atomic E-state index is 0.0871. The van der Waals surface area contributed by atoms with Crippen molar-refractivity contribution >= 4 is 11.9 Å². The van der Waals surface area contributed by atoms with Gasteiger partial charge in [0.25, 0.3) is 5.79 Å². The largest absolute Gasteiger partial charge is 0.294 e. The highest BCUT2D eigenvalue weighted by Gasteiger charge is 2.26. The molecule has 0 amide bonds. The van der Waals surface area contributed by atoms with E-state index in [1.807, 2.05) is 0 Å². The van der Waals surface area contributed by atoms with Crippen LogP contribution >= 0.6 is 0 Å². The fourth-order valence-corrected chi connectivity index (χ4v) is 0.509. The molecule has 1 aliphatic rings. The number of aliphatic imine (C=N–C) groups is 2. The molecule has 5 heteroatoms. The van der Waals surface area contributed by atoms with Crippen molar-refractivity contribution in [1.29, 1.82) is 10.5 Å². The van der Waals surface area contributed by atoms with Gasteiger partial charge in [-0.3, -0.25) is 5.73 Å². The summed E-state index contributed by atoms with van der Waals surface area (Å²) in [7, 11) is 0. The molecular weight excluding hydrogens is 130 g/mol. The van der Waals surface area contributed by atoms with Crippen molar-refractivity contribution in [2.24, 2.45) is 15.7 Å². The minimum Gasteiger partial charge on any atom is -0.275 e. The molecule has 0 radical (unpaired) electrons. The maximum Gasteiger partial charge on any atom is 0.294 e. The van der Waals surface area contributed by atoms with E-state index in [0.29, 0.717) is 0 Å². The molecule has 0 aromatic carbocycles. The Morgan fingerprint density at radius 3 is 2.60 bits per heavy atom. The molecule has 1 heterocycles. The molecule has 1 atom stereocenters. The molecule has 0 spiro atoms. The standard InChI is InChI=1S/C5H3N5/c6-1-4-2-9-5(8,3-7)10-4/h2H,8H2. The van der Waals surface area contributed by atoms with Crippen molar-refractivity contribution in [3.63, 3.8) is 0 Å². The van der Waals surface area contributed by atoms with Crippen LogP contribution in [-0.4, -0.2) is 17.7 Å². The summed E-state index contributed by atoms with van der Waals surface area (Å²) in [6.45, 7) is 0. The Morgan fingerprint density at radius 2 is 2.30 bits per heavy atom. The first-order chi connectivity index (χ1) is 4.70. The topological polar surface area (TPSA) is 98.3 Å². The van der Waals surface area contributed by atoms with E-state index in [1.54, 1.807) is 12.1 Å². The highest BCUT2D eigenvalue weighted by atomic mass is 15.2. The van der Waals surface area contributed by atoms with Crippen LogP contribution in [0.4, 0.5) is 0 Å². The number of nitriles is 2. The van der Waals surface area contributed by atoms with Crippen LogP contribution < -0.4 is 5.73 Å². The van der Waals surface area contributed by atoms with Gasteiger partial charge in [-0.05, 0) is 0 Å². The van der Waals surface area contributed by atoms with E-state index in [4.69, 9.17) is 16.3 Å². The van der Waals surface area contributed by atoms with Gasteiger partial charge >= 0.3 is 0 Å². The Balaban J connectivity index is 2.99. The maximum absolute atomic E-state index is 8.33. The lowest BCUT2D eigenvalue weighted by atomic mass is 10.4.